The van der Waals surface area contributed by atoms with Crippen LogP contribution in [0.15, 0.2) is 35.7 Å². The van der Waals surface area contributed by atoms with Gasteiger partial charge in [0, 0.05) is 26.6 Å². The van der Waals surface area contributed by atoms with Gasteiger partial charge in [-0.25, -0.2) is 4.98 Å². The number of amides is 2. The van der Waals surface area contributed by atoms with Crippen molar-refractivity contribution >= 4 is 17.6 Å². The van der Waals surface area contributed by atoms with Gasteiger partial charge in [0.25, 0.3) is 5.91 Å². The van der Waals surface area contributed by atoms with Gasteiger partial charge in [-0.1, -0.05) is 105 Å². The molecule has 0 fully saturated rings. The van der Waals surface area contributed by atoms with Crippen LogP contribution in [-0.4, -0.2) is 53.5 Å². The van der Waals surface area contributed by atoms with Crippen LogP contribution >= 0.6 is 0 Å². The van der Waals surface area contributed by atoms with Crippen LogP contribution in [0.3, 0.4) is 0 Å². The van der Waals surface area contributed by atoms with Crippen LogP contribution in [0.4, 0.5) is 5.82 Å². The molecular weight excluding hydrogens is 524 g/mol. The Morgan fingerprint density at radius 3 is 2.19 bits per heavy atom. The molecule has 1 aromatic rings. The van der Waals surface area contributed by atoms with Crippen molar-refractivity contribution in [2.24, 2.45) is 23.5 Å². The third kappa shape index (κ3) is 10.4. The molecule has 0 saturated heterocycles. The van der Waals surface area contributed by atoms with Crippen LogP contribution in [0.5, 0.6) is 0 Å². The van der Waals surface area contributed by atoms with Crippen molar-refractivity contribution in [2.45, 2.75) is 108 Å². The zero-order valence-electron chi connectivity index (χ0n) is 28.9. The van der Waals surface area contributed by atoms with Crippen molar-refractivity contribution in [3.05, 3.63) is 47.2 Å². The molecule has 8 heteroatoms. The fourth-order valence-electron chi connectivity index (χ4n) is 5.00. The number of rotatable bonds is 9. The minimum absolute atomic E-state index is 0.0675. The summed E-state index contributed by atoms with van der Waals surface area (Å²) in [6.07, 6.45) is 10.7. The van der Waals surface area contributed by atoms with Gasteiger partial charge in [0.15, 0.2) is 11.5 Å². The minimum Gasteiger partial charge on any atom is -0.358 e. The maximum atomic E-state index is 13.3. The zero-order valence-corrected chi connectivity index (χ0v) is 28.9. The largest absolute Gasteiger partial charge is 0.358 e. The van der Waals surface area contributed by atoms with Crippen molar-refractivity contribution < 1.29 is 9.59 Å². The smallest absolute Gasteiger partial charge is 0.280 e. The number of allylic oxidation sites excluding steroid dienone is 4. The number of carbonyl (C=O) groups excluding carboxylic acids is 2. The first-order chi connectivity index (χ1) is 19.9. The normalized spacial score (nSPS) is 18.2. The molecule has 0 saturated carbocycles. The second-order valence-corrected chi connectivity index (χ2v) is 10.9. The average molecular weight is 587 g/mol. The fourth-order valence-corrected chi connectivity index (χ4v) is 5.00. The van der Waals surface area contributed by atoms with E-state index in [1.165, 1.54) is 35.3 Å². The Balaban J connectivity index is 0.00000109. The molecule has 8 nitrogen and oxygen atoms in total. The topological polar surface area (TPSA) is 96.5 Å². The van der Waals surface area contributed by atoms with E-state index in [0.717, 1.165) is 31.1 Å². The van der Waals surface area contributed by atoms with E-state index >= 15 is 0 Å². The highest BCUT2D eigenvalue weighted by Crippen LogP contribution is 2.35. The molecule has 0 aromatic carbocycles. The van der Waals surface area contributed by atoms with E-state index < -0.39 is 0 Å². The molecular formula is C34H62N6O2. The second kappa shape index (κ2) is 20.1. The standard InChI is InChI=1S/C22H31N5O2.C7H16.C3H9N.C2H6/c1-8-18-13(2)9-10-17(14(18)3)11-26-15(4)24-21-20(26)22(29)27(12-19(28)23-6)16(5)25(21)7;1-4-6-7(3)5-2;1-2-3-4;1-2/h9-10,13,17H,5,8,11-12H2,1-4,6-7H3,(H,23,28);7H,4-6H2,1-3H3;2-4H2,1H3;1-2H3. The quantitative estimate of drug-likeness (QED) is 0.302. The van der Waals surface area contributed by atoms with E-state index in [1.807, 2.05) is 32.4 Å². The monoisotopic (exact) mass is 586 g/mol. The molecule has 3 rings (SSSR count). The van der Waals surface area contributed by atoms with Crippen molar-refractivity contribution in [2.75, 3.05) is 32.1 Å². The zero-order chi connectivity index (χ0) is 32.6. The summed E-state index contributed by atoms with van der Waals surface area (Å²) in [5.41, 5.74) is 8.37. The van der Waals surface area contributed by atoms with Gasteiger partial charge in [-0.2, -0.15) is 0 Å². The number of aryl methyl sites for hydroxylation is 1. The lowest BCUT2D eigenvalue weighted by Crippen LogP contribution is -2.47. The second-order valence-electron chi connectivity index (χ2n) is 10.9. The molecule has 3 atom stereocenters. The molecule has 3 N–H and O–H groups in total. The number of nitrogens with zero attached hydrogens (tertiary/aromatic N) is 4. The number of anilines is 1. The number of nitrogens with two attached hydrogens (primary N) is 1. The number of fused-ring (bicyclic) bond motifs is 1. The predicted octanol–water partition coefficient (Wildman–Crippen LogP) is 7.06. The van der Waals surface area contributed by atoms with Crippen LogP contribution in [0.1, 0.15) is 111 Å². The SMILES string of the molecule is C=C1N(CC(=O)NC)C(=O)c2c(nc(C)n2CC2C=CC(C)C(CC)=C2C)N1C.CC.CCCC(C)CC.CCCN. The molecule has 1 aliphatic carbocycles. The van der Waals surface area contributed by atoms with Gasteiger partial charge in [-0.3, -0.25) is 14.5 Å². The summed E-state index contributed by atoms with van der Waals surface area (Å²) in [6, 6.07) is 0. The van der Waals surface area contributed by atoms with Crippen LogP contribution in [-0.2, 0) is 11.3 Å². The molecule has 0 bridgehead atoms. The van der Waals surface area contributed by atoms with Crippen molar-refractivity contribution in [3.8, 4) is 0 Å². The van der Waals surface area contributed by atoms with Gasteiger partial charge in [0.05, 0.1) is 0 Å². The number of likely N-dealkylation sites (N-methyl/N-ethyl adjacent to an activating group) is 1. The first-order valence-corrected chi connectivity index (χ1v) is 16.0. The molecule has 0 spiro atoms. The third-order valence-electron chi connectivity index (χ3n) is 7.96. The van der Waals surface area contributed by atoms with E-state index in [-0.39, 0.29) is 24.3 Å². The average Bonchev–Trinajstić information content (AvgIpc) is 3.33. The Labute approximate surface area is 257 Å². The molecule has 42 heavy (non-hydrogen) atoms. The van der Waals surface area contributed by atoms with Crippen LogP contribution < -0.4 is 16.0 Å². The van der Waals surface area contributed by atoms with Gasteiger partial charge in [-0.15, -0.1) is 0 Å². The van der Waals surface area contributed by atoms with E-state index in [4.69, 9.17) is 5.73 Å². The Kier molecular flexibility index (Phi) is 18.7. The highest BCUT2D eigenvalue weighted by atomic mass is 16.2. The maximum Gasteiger partial charge on any atom is 0.280 e. The van der Waals surface area contributed by atoms with Gasteiger partial charge < -0.3 is 20.5 Å². The predicted molar refractivity (Wildman–Crippen MR) is 179 cm³/mol. The van der Waals surface area contributed by atoms with E-state index in [0.29, 0.717) is 29.8 Å². The van der Waals surface area contributed by atoms with E-state index in [1.54, 1.807) is 11.9 Å². The Hall–Kier alpha value is -2.87. The molecule has 1 aromatic heterocycles. The number of hydrogen-bond acceptors (Lipinski definition) is 5. The summed E-state index contributed by atoms with van der Waals surface area (Å²) in [5.74, 6) is 2.96. The van der Waals surface area contributed by atoms with Crippen LogP contribution in [0.25, 0.3) is 0 Å². The number of nitrogens with one attached hydrogen (secondary N) is 1. The fraction of sp³-hybridized carbons (Fsp3) is 0.676. The first kappa shape index (κ1) is 39.1. The molecule has 2 amide bonds. The molecule has 2 heterocycles. The number of imidazole rings is 1. The molecule has 3 unspecified atom stereocenters. The van der Waals surface area contributed by atoms with Crippen molar-refractivity contribution in [1.82, 2.24) is 19.8 Å². The first-order valence-electron chi connectivity index (χ1n) is 16.0. The van der Waals surface area contributed by atoms with Gasteiger partial charge in [0.2, 0.25) is 5.91 Å². The Bertz CT molecular complexity index is 1050. The summed E-state index contributed by atoms with van der Waals surface area (Å²) in [6.45, 7) is 26.8. The molecule has 1 aliphatic heterocycles. The third-order valence-corrected chi connectivity index (χ3v) is 7.96. The number of aromatic nitrogens is 2. The molecule has 240 valence electrons. The summed E-state index contributed by atoms with van der Waals surface area (Å²) in [4.78, 5) is 33.1. The lowest BCUT2D eigenvalue weighted by Gasteiger charge is -2.35. The summed E-state index contributed by atoms with van der Waals surface area (Å²) in [5, 5.41) is 2.57. The highest BCUT2D eigenvalue weighted by molar-refractivity contribution is 6.03. The summed E-state index contributed by atoms with van der Waals surface area (Å²) < 4.78 is 1.99. The van der Waals surface area contributed by atoms with Crippen molar-refractivity contribution in [3.63, 3.8) is 0 Å². The van der Waals surface area contributed by atoms with Gasteiger partial charge >= 0.3 is 0 Å². The molecule has 0 radical (unpaired) electrons. The minimum atomic E-state index is -0.241. The Morgan fingerprint density at radius 2 is 1.74 bits per heavy atom. The number of hydrogen-bond donors (Lipinski definition) is 2. The highest BCUT2D eigenvalue weighted by Gasteiger charge is 2.37. The van der Waals surface area contributed by atoms with Crippen LogP contribution in [0.2, 0.25) is 0 Å². The van der Waals surface area contributed by atoms with Gasteiger partial charge in [0.1, 0.15) is 18.2 Å². The summed E-state index contributed by atoms with van der Waals surface area (Å²) in [7, 11) is 3.38. The lowest BCUT2D eigenvalue weighted by molar-refractivity contribution is -0.121. The Morgan fingerprint density at radius 1 is 1.14 bits per heavy atom. The summed E-state index contributed by atoms with van der Waals surface area (Å²) >= 11 is 0. The maximum absolute atomic E-state index is 13.3. The van der Waals surface area contributed by atoms with E-state index in [9.17, 15) is 9.59 Å². The van der Waals surface area contributed by atoms with E-state index in [2.05, 4.69) is 77.5 Å². The lowest BCUT2D eigenvalue weighted by atomic mass is 9.82. The van der Waals surface area contributed by atoms with Crippen molar-refractivity contribution in [1.29, 1.82) is 0 Å². The number of carbonyl (C=O) groups is 2. The molecule has 2 aliphatic rings. The van der Waals surface area contributed by atoms with Gasteiger partial charge in [-0.05, 0) is 45.1 Å². The van der Waals surface area contributed by atoms with Crippen LogP contribution in [0, 0.1) is 24.7 Å².